The van der Waals surface area contributed by atoms with E-state index in [9.17, 15) is 4.79 Å². The number of carbonyl (C=O) groups excluding carboxylic acids is 1. The molecule has 0 aromatic carbocycles. The van der Waals surface area contributed by atoms with Crippen molar-refractivity contribution in [1.29, 1.82) is 0 Å². The Morgan fingerprint density at radius 1 is 1.00 bits per heavy atom. The second kappa shape index (κ2) is 15.3. The maximum Gasteiger partial charge on any atom is 0.408 e. The molecule has 0 aromatic rings. The summed E-state index contributed by atoms with van der Waals surface area (Å²) in [5, 5.41) is 2.93. The highest BCUT2D eigenvalue weighted by Crippen LogP contribution is 2.24. The van der Waals surface area contributed by atoms with Crippen LogP contribution in [0.5, 0.6) is 0 Å². The number of hydrogen-bond donors (Lipinski definition) is 1. The average molecular weight is 466 g/mol. The van der Waals surface area contributed by atoms with Crippen LogP contribution in [0.25, 0.3) is 0 Å². The first-order valence-corrected chi connectivity index (χ1v) is 12.4. The van der Waals surface area contributed by atoms with Gasteiger partial charge >= 0.3 is 6.09 Å². The molecule has 1 rings (SSSR count). The third-order valence-electron chi connectivity index (χ3n) is 5.16. The first-order valence-electron chi connectivity index (χ1n) is 12.4. The fourth-order valence-corrected chi connectivity index (χ4v) is 3.33. The van der Waals surface area contributed by atoms with Gasteiger partial charge in [0, 0.05) is 6.61 Å². The van der Waals surface area contributed by atoms with Gasteiger partial charge in [-0.25, -0.2) is 4.79 Å². The van der Waals surface area contributed by atoms with E-state index < -0.39 is 23.0 Å². The van der Waals surface area contributed by atoms with E-state index in [4.69, 9.17) is 18.9 Å². The summed E-state index contributed by atoms with van der Waals surface area (Å²) in [6.45, 7) is 14.5. The number of nitrogens with one attached hydrogen (secondary N) is 1. The van der Waals surface area contributed by atoms with E-state index in [0.29, 0.717) is 26.4 Å². The lowest BCUT2D eigenvalue weighted by Crippen LogP contribution is -2.64. The number of allylic oxidation sites excluding steroid dienone is 5. The third kappa shape index (κ3) is 15.0. The molecule has 33 heavy (non-hydrogen) atoms. The quantitative estimate of drug-likeness (QED) is 0.171. The lowest BCUT2D eigenvalue weighted by molar-refractivity contribution is -0.275. The molecular formula is C27H47NO5. The van der Waals surface area contributed by atoms with Gasteiger partial charge in [-0.3, -0.25) is 0 Å². The lowest BCUT2D eigenvalue weighted by Gasteiger charge is -2.43. The van der Waals surface area contributed by atoms with Crippen LogP contribution in [0.4, 0.5) is 4.79 Å². The molecule has 0 spiro atoms. The molecule has 0 aliphatic carbocycles. The van der Waals surface area contributed by atoms with Gasteiger partial charge in [0.25, 0.3) is 0 Å². The van der Waals surface area contributed by atoms with Gasteiger partial charge < -0.3 is 24.3 Å². The summed E-state index contributed by atoms with van der Waals surface area (Å²) in [4.78, 5) is 12.3. The minimum atomic E-state index is -0.743. The Kier molecular flexibility index (Phi) is 13.6. The highest BCUT2D eigenvalue weighted by atomic mass is 16.7. The molecule has 1 aliphatic heterocycles. The Balaban J connectivity index is 2.21. The molecule has 1 amide bonds. The maximum atomic E-state index is 12.3. The maximum absolute atomic E-state index is 12.3. The second-order valence-corrected chi connectivity index (χ2v) is 10.2. The van der Waals surface area contributed by atoms with Crippen LogP contribution < -0.4 is 5.32 Å². The van der Waals surface area contributed by atoms with E-state index >= 15 is 0 Å². The van der Waals surface area contributed by atoms with Gasteiger partial charge in [-0.15, -0.1) is 0 Å². The van der Waals surface area contributed by atoms with Crippen LogP contribution in [0.1, 0.15) is 86.0 Å². The Morgan fingerprint density at radius 2 is 1.64 bits per heavy atom. The highest BCUT2D eigenvalue weighted by molar-refractivity contribution is 5.69. The van der Waals surface area contributed by atoms with Gasteiger partial charge in [-0.05, 0) is 60.3 Å². The van der Waals surface area contributed by atoms with Crippen LogP contribution in [0.3, 0.4) is 0 Å². The second-order valence-electron chi connectivity index (χ2n) is 10.2. The van der Waals surface area contributed by atoms with Crippen LogP contribution in [0, 0.1) is 0 Å². The summed E-state index contributed by atoms with van der Waals surface area (Å²) in [6, 6.07) is 0. The number of unbranched alkanes of at least 4 members (excludes halogenated alkanes) is 6. The van der Waals surface area contributed by atoms with Crippen LogP contribution in [0.2, 0.25) is 0 Å². The van der Waals surface area contributed by atoms with E-state index in [1.54, 1.807) is 6.08 Å². The smallest absolute Gasteiger partial charge is 0.408 e. The SMILES string of the molecule is C=C/C=C\C/C=C\CCCCCCCCOCC1(NC(=O)OC(C)(C)C)COC(C)(C)OC1. The van der Waals surface area contributed by atoms with Crippen LogP contribution in [-0.4, -0.2) is 49.4 Å². The molecule has 0 atom stereocenters. The molecule has 0 radical (unpaired) electrons. The number of rotatable bonds is 15. The molecular weight excluding hydrogens is 418 g/mol. The molecule has 6 heteroatoms. The third-order valence-corrected chi connectivity index (χ3v) is 5.16. The number of alkyl carbamates (subject to hydrolysis) is 1. The van der Waals surface area contributed by atoms with Gasteiger partial charge in [0.05, 0.1) is 19.8 Å². The Bertz CT molecular complexity index is 608. The van der Waals surface area contributed by atoms with E-state index in [1.165, 1.54) is 25.7 Å². The van der Waals surface area contributed by atoms with Crippen molar-refractivity contribution in [2.45, 2.75) is 103 Å². The van der Waals surface area contributed by atoms with Gasteiger partial charge in [-0.2, -0.15) is 0 Å². The predicted octanol–water partition coefficient (Wildman–Crippen LogP) is 6.47. The number of carbonyl (C=O) groups is 1. The molecule has 0 unspecified atom stereocenters. The topological polar surface area (TPSA) is 66.0 Å². The molecule has 1 heterocycles. The lowest BCUT2D eigenvalue weighted by atomic mass is 10.0. The number of hydrogen-bond acceptors (Lipinski definition) is 5. The summed E-state index contributed by atoms with van der Waals surface area (Å²) in [6.07, 6.45) is 19.1. The van der Waals surface area contributed by atoms with Crippen molar-refractivity contribution in [1.82, 2.24) is 5.32 Å². The van der Waals surface area contributed by atoms with Crippen molar-refractivity contribution in [3.05, 3.63) is 37.0 Å². The zero-order valence-corrected chi connectivity index (χ0v) is 21.6. The van der Waals surface area contributed by atoms with Gasteiger partial charge in [0.15, 0.2) is 5.79 Å². The van der Waals surface area contributed by atoms with Crippen LogP contribution in [0.15, 0.2) is 37.0 Å². The molecule has 1 fully saturated rings. The fourth-order valence-electron chi connectivity index (χ4n) is 3.33. The monoisotopic (exact) mass is 465 g/mol. The Hall–Kier alpha value is -1.63. The molecule has 0 saturated carbocycles. The van der Waals surface area contributed by atoms with Gasteiger partial charge in [-0.1, -0.05) is 62.6 Å². The molecule has 6 nitrogen and oxygen atoms in total. The van der Waals surface area contributed by atoms with Gasteiger partial charge in [0.2, 0.25) is 0 Å². The molecule has 190 valence electrons. The first-order chi connectivity index (χ1) is 15.6. The first kappa shape index (κ1) is 29.4. The standard InChI is InChI=1S/C27H47NO5/c1-7-8-9-10-11-12-13-14-15-16-17-18-19-20-30-21-27(22-31-26(5,6)32-23-27)28-24(29)33-25(2,3)4/h7-9,11-12H,1,10,13-23H2,2-6H3,(H,28,29)/b9-8-,12-11-. The normalized spacial score (nSPS) is 18.0. The minimum Gasteiger partial charge on any atom is -0.444 e. The van der Waals surface area contributed by atoms with Crippen molar-refractivity contribution < 1.29 is 23.7 Å². The van der Waals surface area contributed by atoms with E-state index in [1.807, 2.05) is 40.7 Å². The largest absolute Gasteiger partial charge is 0.444 e. The van der Waals surface area contributed by atoms with E-state index in [2.05, 4.69) is 30.1 Å². The van der Waals surface area contributed by atoms with Crippen LogP contribution >= 0.6 is 0 Å². The summed E-state index contributed by atoms with van der Waals surface area (Å²) in [5.41, 5.74) is -1.31. The van der Waals surface area contributed by atoms with Crippen molar-refractivity contribution in [3.63, 3.8) is 0 Å². The molecule has 1 aliphatic rings. The summed E-state index contributed by atoms with van der Waals surface area (Å²) < 4.78 is 22.9. The predicted molar refractivity (Wildman–Crippen MR) is 134 cm³/mol. The Labute approximate surface area is 201 Å². The summed E-state index contributed by atoms with van der Waals surface area (Å²) >= 11 is 0. The van der Waals surface area contributed by atoms with Crippen molar-refractivity contribution in [2.24, 2.45) is 0 Å². The van der Waals surface area contributed by atoms with Gasteiger partial charge in [0.1, 0.15) is 11.1 Å². The highest BCUT2D eigenvalue weighted by Gasteiger charge is 2.42. The summed E-state index contributed by atoms with van der Waals surface area (Å²) in [7, 11) is 0. The van der Waals surface area contributed by atoms with E-state index in [-0.39, 0.29) is 0 Å². The van der Waals surface area contributed by atoms with Crippen molar-refractivity contribution in [3.8, 4) is 0 Å². The zero-order chi connectivity index (χ0) is 24.6. The minimum absolute atomic E-state index is 0.318. The average Bonchev–Trinajstić information content (AvgIpc) is 2.72. The fraction of sp³-hybridized carbons (Fsp3) is 0.741. The van der Waals surface area contributed by atoms with E-state index in [0.717, 1.165) is 25.7 Å². The zero-order valence-electron chi connectivity index (χ0n) is 21.6. The molecule has 1 N–H and O–H groups in total. The van der Waals surface area contributed by atoms with Crippen LogP contribution in [-0.2, 0) is 18.9 Å². The molecule has 0 aromatic heterocycles. The molecule has 1 saturated heterocycles. The number of ether oxygens (including phenoxy) is 4. The Morgan fingerprint density at radius 3 is 2.27 bits per heavy atom. The van der Waals surface area contributed by atoms with Crippen molar-refractivity contribution >= 4 is 6.09 Å². The van der Waals surface area contributed by atoms with Crippen molar-refractivity contribution in [2.75, 3.05) is 26.4 Å². The molecule has 0 bridgehead atoms. The number of amides is 1. The summed E-state index contributed by atoms with van der Waals surface area (Å²) in [5.74, 6) is -0.669.